The Bertz CT molecular complexity index is 1490. The lowest BCUT2D eigenvalue weighted by Gasteiger charge is -2.28. The van der Waals surface area contributed by atoms with E-state index in [2.05, 4.69) is 23.9 Å². The molecule has 0 atom stereocenters. The molecule has 4 aromatic rings. The highest BCUT2D eigenvalue weighted by atomic mass is 35.5. The predicted molar refractivity (Wildman–Crippen MR) is 167 cm³/mol. The standard InChI is InChI=1S/C34H37ClN4O3/c1-25(2)22-37-17-8-18-39(32(40)21-26-9-4-3-5-10-26)31-12-7-6-11-28(31)23-38(20-19-37)34(41)30-24-42-36-33(30)27-13-15-29(35)16-14-27/h3-7,9-16,24-25H,8,17-23H2,1-2H3. The van der Waals surface area contributed by atoms with E-state index in [0.717, 1.165) is 48.4 Å². The molecule has 42 heavy (non-hydrogen) atoms. The summed E-state index contributed by atoms with van der Waals surface area (Å²) in [7, 11) is 0. The van der Waals surface area contributed by atoms with Crippen LogP contribution >= 0.6 is 11.6 Å². The quantitative estimate of drug-likeness (QED) is 0.256. The van der Waals surface area contributed by atoms with E-state index in [1.807, 2.05) is 76.5 Å². The number of carbonyl (C=O) groups excluding carboxylic acids is 2. The third kappa shape index (κ3) is 7.27. The average Bonchev–Trinajstić information content (AvgIpc) is 3.46. The Labute approximate surface area is 252 Å². The first-order chi connectivity index (χ1) is 20.4. The van der Waals surface area contributed by atoms with Crippen molar-refractivity contribution in [3.05, 3.63) is 107 Å². The molecule has 8 heteroatoms. The Morgan fingerprint density at radius 1 is 0.905 bits per heavy atom. The Morgan fingerprint density at radius 2 is 1.64 bits per heavy atom. The zero-order valence-corrected chi connectivity index (χ0v) is 25.0. The minimum absolute atomic E-state index is 0.0465. The van der Waals surface area contributed by atoms with Crippen molar-refractivity contribution in [2.24, 2.45) is 5.92 Å². The van der Waals surface area contributed by atoms with E-state index in [4.69, 9.17) is 16.1 Å². The van der Waals surface area contributed by atoms with Gasteiger partial charge in [-0.2, -0.15) is 0 Å². The average molecular weight is 585 g/mol. The van der Waals surface area contributed by atoms with Crippen molar-refractivity contribution in [3.8, 4) is 11.3 Å². The highest BCUT2D eigenvalue weighted by Gasteiger charge is 2.27. The van der Waals surface area contributed by atoms with Crippen molar-refractivity contribution >= 4 is 29.1 Å². The van der Waals surface area contributed by atoms with Gasteiger partial charge in [-0.1, -0.05) is 91.3 Å². The highest BCUT2D eigenvalue weighted by molar-refractivity contribution is 6.30. The van der Waals surface area contributed by atoms with Crippen molar-refractivity contribution in [2.75, 3.05) is 37.6 Å². The fourth-order valence-corrected chi connectivity index (χ4v) is 5.64. The molecule has 5 rings (SSSR count). The molecule has 0 radical (unpaired) electrons. The third-order valence-corrected chi connectivity index (χ3v) is 7.77. The van der Waals surface area contributed by atoms with Gasteiger partial charge in [0.15, 0.2) is 0 Å². The summed E-state index contributed by atoms with van der Waals surface area (Å²) in [5.74, 6) is 0.356. The van der Waals surface area contributed by atoms with Crippen LogP contribution in [0.2, 0.25) is 5.02 Å². The zero-order valence-electron chi connectivity index (χ0n) is 24.2. The van der Waals surface area contributed by atoms with Crippen molar-refractivity contribution in [2.45, 2.75) is 33.2 Å². The summed E-state index contributed by atoms with van der Waals surface area (Å²) >= 11 is 6.10. The smallest absolute Gasteiger partial charge is 0.259 e. The van der Waals surface area contributed by atoms with E-state index in [-0.39, 0.29) is 11.8 Å². The molecule has 1 aliphatic rings. The second-order valence-electron chi connectivity index (χ2n) is 11.2. The predicted octanol–water partition coefficient (Wildman–Crippen LogP) is 6.57. The molecule has 0 saturated carbocycles. The summed E-state index contributed by atoms with van der Waals surface area (Å²) < 4.78 is 5.32. The van der Waals surface area contributed by atoms with Crippen molar-refractivity contribution < 1.29 is 14.1 Å². The maximum Gasteiger partial charge on any atom is 0.259 e. The number of rotatable bonds is 6. The van der Waals surface area contributed by atoms with Crippen LogP contribution in [0.1, 0.15) is 41.8 Å². The first-order valence-corrected chi connectivity index (χ1v) is 14.9. The van der Waals surface area contributed by atoms with Gasteiger partial charge in [0.25, 0.3) is 5.91 Å². The van der Waals surface area contributed by atoms with Gasteiger partial charge in [0.2, 0.25) is 5.91 Å². The number of anilines is 1. The highest BCUT2D eigenvalue weighted by Crippen LogP contribution is 2.28. The molecule has 0 spiro atoms. The molecule has 0 N–H and O–H groups in total. The number of hydrogen-bond acceptors (Lipinski definition) is 5. The van der Waals surface area contributed by atoms with E-state index in [1.165, 1.54) is 6.26 Å². The number of benzene rings is 3. The van der Waals surface area contributed by atoms with Gasteiger partial charge in [-0.25, -0.2) is 0 Å². The number of aromatic nitrogens is 1. The molecule has 218 valence electrons. The Hall–Kier alpha value is -3.94. The van der Waals surface area contributed by atoms with Crippen molar-refractivity contribution in [1.29, 1.82) is 0 Å². The lowest BCUT2D eigenvalue weighted by Crippen LogP contribution is -2.40. The van der Waals surface area contributed by atoms with Crippen LogP contribution in [0.3, 0.4) is 0 Å². The minimum atomic E-state index is -0.165. The second kappa shape index (κ2) is 13.8. The molecule has 7 nitrogen and oxygen atoms in total. The van der Waals surface area contributed by atoms with Crippen LogP contribution in [0.25, 0.3) is 11.3 Å². The van der Waals surface area contributed by atoms with Gasteiger partial charge in [-0.05, 0) is 48.2 Å². The van der Waals surface area contributed by atoms with Gasteiger partial charge >= 0.3 is 0 Å². The lowest BCUT2D eigenvalue weighted by molar-refractivity contribution is -0.118. The monoisotopic (exact) mass is 584 g/mol. The van der Waals surface area contributed by atoms with E-state index in [9.17, 15) is 9.59 Å². The van der Waals surface area contributed by atoms with E-state index < -0.39 is 0 Å². The maximum absolute atomic E-state index is 14.2. The Kier molecular flexibility index (Phi) is 9.72. The first kappa shape index (κ1) is 29.5. The Morgan fingerprint density at radius 3 is 2.40 bits per heavy atom. The van der Waals surface area contributed by atoms with Gasteiger partial charge in [0.1, 0.15) is 17.5 Å². The fraction of sp³-hybridized carbons (Fsp3) is 0.324. The van der Waals surface area contributed by atoms with Crippen molar-refractivity contribution in [1.82, 2.24) is 15.0 Å². The zero-order chi connectivity index (χ0) is 29.5. The summed E-state index contributed by atoms with van der Waals surface area (Å²) in [6.45, 7) is 8.37. The molecule has 3 aromatic carbocycles. The SMILES string of the molecule is CC(C)CN1CCCN(C(=O)Cc2ccccc2)c2ccccc2CN(C(=O)c2conc2-c2ccc(Cl)cc2)CC1. The van der Waals surface area contributed by atoms with E-state index >= 15 is 0 Å². The largest absolute Gasteiger partial charge is 0.363 e. The molecule has 2 amide bonds. The number of hydrogen-bond donors (Lipinski definition) is 0. The molecule has 0 aliphatic carbocycles. The summed E-state index contributed by atoms with van der Waals surface area (Å²) in [4.78, 5) is 34.1. The summed E-state index contributed by atoms with van der Waals surface area (Å²) in [5.41, 5.74) is 4.39. The van der Waals surface area contributed by atoms with Crippen LogP contribution in [0.5, 0.6) is 0 Å². The Balaban J connectivity index is 1.49. The van der Waals surface area contributed by atoms with Gasteiger partial charge in [0, 0.05) is 49.0 Å². The van der Waals surface area contributed by atoms with Gasteiger partial charge in [0.05, 0.1) is 6.42 Å². The summed E-state index contributed by atoms with van der Waals surface area (Å²) in [6, 6.07) is 25.0. The molecule has 2 heterocycles. The molecule has 1 aromatic heterocycles. The van der Waals surface area contributed by atoms with Crippen LogP contribution in [0, 0.1) is 5.92 Å². The molecular formula is C34H37ClN4O3. The number of amides is 2. The maximum atomic E-state index is 14.2. The van der Waals surface area contributed by atoms with Crippen molar-refractivity contribution in [3.63, 3.8) is 0 Å². The topological polar surface area (TPSA) is 69.9 Å². The molecular weight excluding hydrogens is 548 g/mol. The molecule has 0 fully saturated rings. The third-order valence-electron chi connectivity index (χ3n) is 7.51. The normalized spacial score (nSPS) is 14.9. The molecule has 1 aliphatic heterocycles. The summed E-state index contributed by atoms with van der Waals surface area (Å²) in [5, 5.41) is 4.77. The van der Waals surface area contributed by atoms with Gasteiger partial charge in [-0.3, -0.25) is 9.59 Å². The molecule has 0 unspecified atom stereocenters. The van der Waals surface area contributed by atoms with E-state index in [0.29, 0.717) is 48.3 Å². The van der Waals surface area contributed by atoms with Gasteiger partial charge < -0.3 is 19.2 Å². The van der Waals surface area contributed by atoms with Crippen LogP contribution in [0.4, 0.5) is 5.69 Å². The van der Waals surface area contributed by atoms with Crippen LogP contribution < -0.4 is 4.90 Å². The van der Waals surface area contributed by atoms with Gasteiger partial charge in [-0.15, -0.1) is 0 Å². The first-order valence-electron chi connectivity index (χ1n) is 14.5. The fourth-order valence-electron chi connectivity index (χ4n) is 5.51. The van der Waals surface area contributed by atoms with Crippen LogP contribution in [0.15, 0.2) is 89.6 Å². The number of fused-ring (bicyclic) bond motifs is 1. The van der Waals surface area contributed by atoms with Crippen LogP contribution in [-0.4, -0.2) is 59.5 Å². The second-order valence-corrected chi connectivity index (χ2v) is 11.6. The number of nitrogens with zero attached hydrogens (tertiary/aromatic N) is 4. The number of halogens is 1. The summed E-state index contributed by atoms with van der Waals surface area (Å²) in [6.07, 6.45) is 2.57. The van der Waals surface area contributed by atoms with Crippen LogP contribution in [-0.2, 0) is 17.8 Å². The van der Waals surface area contributed by atoms with E-state index in [1.54, 1.807) is 12.1 Å². The molecule has 0 saturated heterocycles. The number of para-hydroxylation sites is 1. The molecule has 0 bridgehead atoms. The number of carbonyl (C=O) groups is 2. The lowest BCUT2D eigenvalue weighted by atomic mass is 10.1. The minimum Gasteiger partial charge on any atom is -0.363 e.